The number of carbonyl (C=O) groups is 1. The first-order valence-electron chi connectivity index (χ1n) is 4.13. The summed E-state index contributed by atoms with van der Waals surface area (Å²) in [6, 6.07) is 6.97. The number of nitrogen functional groups attached to an aromatic ring is 1. The van der Waals surface area contributed by atoms with E-state index in [2.05, 4.69) is 5.32 Å². The van der Waals surface area contributed by atoms with E-state index in [1.165, 1.54) is 0 Å². The zero-order valence-corrected chi connectivity index (χ0v) is 7.56. The third kappa shape index (κ3) is 3.66. The summed E-state index contributed by atoms with van der Waals surface area (Å²) in [7, 11) is 0. The molecule has 0 aromatic heterocycles. The van der Waals surface area contributed by atoms with Gasteiger partial charge in [-0.3, -0.25) is 0 Å². The number of hydrogen-bond donors (Lipinski definition) is 3. The molecule has 0 spiro atoms. The Bertz CT molecular complexity index is 315. The molecule has 0 unspecified atom stereocenters. The summed E-state index contributed by atoms with van der Waals surface area (Å²) in [6.07, 6.45) is -1.05. The second-order valence-corrected chi connectivity index (χ2v) is 2.65. The van der Waals surface area contributed by atoms with Gasteiger partial charge in [0.15, 0.2) is 0 Å². The lowest BCUT2D eigenvalue weighted by Crippen LogP contribution is -2.26. The summed E-state index contributed by atoms with van der Waals surface area (Å²) in [5, 5.41) is 10.5. The van der Waals surface area contributed by atoms with E-state index in [0.29, 0.717) is 11.4 Å². The molecule has 0 aliphatic heterocycles. The minimum absolute atomic E-state index is 0.254. The van der Waals surface area contributed by atoms with Gasteiger partial charge < -0.3 is 20.9 Å². The van der Waals surface area contributed by atoms with Crippen LogP contribution in [0.3, 0.4) is 0 Å². The zero-order valence-electron chi connectivity index (χ0n) is 7.56. The minimum Gasteiger partial charge on any atom is -0.492 e. The maximum atomic E-state index is 10.1. The molecule has 4 N–H and O–H groups in total. The van der Waals surface area contributed by atoms with E-state index in [1.54, 1.807) is 24.3 Å². The van der Waals surface area contributed by atoms with Crippen LogP contribution in [0.25, 0.3) is 0 Å². The molecule has 1 rings (SSSR count). The van der Waals surface area contributed by atoms with E-state index in [4.69, 9.17) is 15.6 Å². The SMILES string of the molecule is Nc1cccc(OCCNC(=O)O)c1. The number of amides is 1. The molecule has 0 atom stereocenters. The lowest BCUT2D eigenvalue weighted by atomic mass is 10.3. The standard InChI is InChI=1S/C9H12N2O3/c10-7-2-1-3-8(6-7)14-5-4-11-9(12)13/h1-3,6,11H,4-5,10H2,(H,12,13). The van der Waals surface area contributed by atoms with Gasteiger partial charge in [0.1, 0.15) is 12.4 Å². The van der Waals surface area contributed by atoms with Gasteiger partial charge in [-0.25, -0.2) is 4.79 Å². The summed E-state index contributed by atoms with van der Waals surface area (Å²) in [5.41, 5.74) is 6.14. The van der Waals surface area contributed by atoms with Crippen LogP contribution in [0.4, 0.5) is 10.5 Å². The van der Waals surface area contributed by atoms with Crippen molar-refractivity contribution < 1.29 is 14.6 Å². The van der Waals surface area contributed by atoms with Crippen molar-refractivity contribution in [3.63, 3.8) is 0 Å². The van der Waals surface area contributed by atoms with Crippen LogP contribution >= 0.6 is 0 Å². The van der Waals surface area contributed by atoms with E-state index in [0.717, 1.165) is 0 Å². The minimum atomic E-state index is -1.05. The molecular weight excluding hydrogens is 184 g/mol. The van der Waals surface area contributed by atoms with Crippen LogP contribution in [0, 0.1) is 0 Å². The van der Waals surface area contributed by atoms with Crippen LogP contribution in [-0.2, 0) is 0 Å². The number of ether oxygens (including phenoxy) is 1. The van der Waals surface area contributed by atoms with E-state index >= 15 is 0 Å². The molecule has 76 valence electrons. The average Bonchev–Trinajstić information content (AvgIpc) is 2.12. The van der Waals surface area contributed by atoms with Gasteiger partial charge in [0, 0.05) is 11.8 Å². The molecule has 5 heteroatoms. The van der Waals surface area contributed by atoms with Crippen molar-refractivity contribution >= 4 is 11.8 Å². The Kier molecular flexibility index (Phi) is 3.60. The van der Waals surface area contributed by atoms with Crippen molar-refractivity contribution in [2.45, 2.75) is 0 Å². The molecule has 1 amide bonds. The van der Waals surface area contributed by atoms with Crippen molar-refractivity contribution in [2.24, 2.45) is 0 Å². The first kappa shape index (κ1) is 10.2. The van der Waals surface area contributed by atoms with Gasteiger partial charge in [-0.2, -0.15) is 0 Å². The fourth-order valence-corrected chi connectivity index (χ4v) is 0.931. The number of rotatable bonds is 4. The molecule has 0 aliphatic carbocycles. The molecule has 0 bridgehead atoms. The summed E-state index contributed by atoms with van der Waals surface area (Å²) >= 11 is 0. The molecule has 0 saturated carbocycles. The Labute approximate surface area is 81.5 Å². The van der Waals surface area contributed by atoms with Crippen LogP contribution in [0.2, 0.25) is 0 Å². The predicted molar refractivity (Wildman–Crippen MR) is 52.4 cm³/mol. The number of anilines is 1. The predicted octanol–water partition coefficient (Wildman–Crippen LogP) is 0.915. The second kappa shape index (κ2) is 4.96. The molecule has 14 heavy (non-hydrogen) atoms. The number of carboxylic acid groups (broad SMARTS) is 1. The number of benzene rings is 1. The fourth-order valence-electron chi connectivity index (χ4n) is 0.931. The Morgan fingerprint density at radius 1 is 1.57 bits per heavy atom. The normalized spacial score (nSPS) is 9.43. The van der Waals surface area contributed by atoms with Crippen LogP contribution in [0.15, 0.2) is 24.3 Å². The van der Waals surface area contributed by atoms with Crippen LogP contribution in [0.5, 0.6) is 5.75 Å². The third-order valence-corrected chi connectivity index (χ3v) is 1.51. The molecule has 0 fully saturated rings. The van der Waals surface area contributed by atoms with Crippen LogP contribution < -0.4 is 15.8 Å². The molecule has 0 aliphatic rings. The number of nitrogens with two attached hydrogens (primary N) is 1. The van der Waals surface area contributed by atoms with Crippen molar-refractivity contribution in [2.75, 3.05) is 18.9 Å². The highest BCUT2D eigenvalue weighted by molar-refractivity contribution is 5.64. The van der Waals surface area contributed by atoms with Gasteiger partial charge >= 0.3 is 6.09 Å². The van der Waals surface area contributed by atoms with Gasteiger partial charge in [-0.15, -0.1) is 0 Å². The zero-order chi connectivity index (χ0) is 10.4. The van der Waals surface area contributed by atoms with Crippen molar-refractivity contribution in [3.05, 3.63) is 24.3 Å². The van der Waals surface area contributed by atoms with Crippen molar-refractivity contribution in [1.29, 1.82) is 0 Å². The summed E-state index contributed by atoms with van der Waals surface area (Å²) in [4.78, 5) is 10.1. The van der Waals surface area contributed by atoms with Gasteiger partial charge in [0.05, 0.1) is 6.54 Å². The quantitative estimate of drug-likeness (QED) is 0.493. The highest BCUT2D eigenvalue weighted by atomic mass is 16.5. The Hall–Kier alpha value is -1.91. The van der Waals surface area contributed by atoms with E-state index < -0.39 is 6.09 Å². The Balaban J connectivity index is 2.28. The molecule has 0 saturated heterocycles. The summed E-state index contributed by atoms with van der Waals surface area (Å²) in [6.45, 7) is 0.542. The maximum absolute atomic E-state index is 10.1. The molecule has 5 nitrogen and oxygen atoms in total. The van der Waals surface area contributed by atoms with Gasteiger partial charge in [0.25, 0.3) is 0 Å². The van der Waals surface area contributed by atoms with Crippen LogP contribution in [0.1, 0.15) is 0 Å². The largest absolute Gasteiger partial charge is 0.492 e. The topological polar surface area (TPSA) is 84.6 Å². The number of nitrogens with one attached hydrogen (secondary N) is 1. The summed E-state index contributed by atoms with van der Waals surface area (Å²) < 4.78 is 5.23. The van der Waals surface area contributed by atoms with Crippen molar-refractivity contribution in [1.82, 2.24) is 5.32 Å². The Morgan fingerprint density at radius 2 is 2.36 bits per heavy atom. The molecule has 1 aromatic carbocycles. The van der Waals surface area contributed by atoms with E-state index in [1.807, 2.05) is 0 Å². The van der Waals surface area contributed by atoms with Crippen molar-refractivity contribution in [3.8, 4) is 5.75 Å². The summed E-state index contributed by atoms with van der Waals surface area (Å²) in [5.74, 6) is 0.636. The maximum Gasteiger partial charge on any atom is 0.404 e. The molecule has 1 aromatic rings. The fraction of sp³-hybridized carbons (Fsp3) is 0.222. The monoisotopic (exact) mass is 196 g/mol. The Morgan fingerprint density at radius 3 is 3.00 bits per heavy atom. The molecule has 0 heterocycles. The lowest BCUT2D eigenvalue weighted by Gasteiger charge is -2.06. The highest BCUT2D eigenvalue weighted by Crippen LogP contribution is 2.13. The smallest absolute Gasteiger partial charge is 0.404 e. The second-order valence-electron chi connectivity index (χ2n) is 2.65. The average molecular weight is 196 g/mol. The first-order valence-corrected chi connectivity index (χ1v) is 4.13. The van der Waals surface area contributed by atoms with Gasteiger partial charge in [-0.1, -0.05) is 6.07 Å². The number of hydrogen-bond acceptors (Lipinski definition) is 3. The lowest BCUT2D eigenvalue weighted by molar-refractivity contribution is 0.191. The van der Waals surface area contributed by atoms with E-state index in [-0.39, 0.29) is 13.2 Å². The first-order chi connectivity index (χ1) is 6.68. The van der Waals surface area contributed by atoms with Gasteiger partial charge in [-0.05, 0) is 12.1 Å². The third-order valence-electron chi connectivity index (χ3n) is 1.51. The highest BCUT2D eigenvalue weighted by Gasteiger charge is 1.95. The van der Waals surface area contributed by atoms with Gasteiger partial charge in [0.2, 0.25) is 0 Å². The van der Waals surface area contributed by atoms with Crippen LogP contribution in [-0.4, -0.2) is 24.4 Å². The molecule has 0 radical (unpaired) electrons. The molecular formula is C9H12N2O3. The van der Waals surface area contributed by atoms with E-state index in [9.17, 15) is 4.79 Å².